The molecule has 0 aliphatic carbocycles. The lowest BCUT2D eigenvalue weighted by molar-refractivity contribution is -0.176. The molecule has 1 aliphatic heterocycles. The standard InChI is InChI=1S/C22H28F3N7O3/c1-33-10-11-35-18-4-2-15(3-5-18)19-21(29-17(12-28-19)13-34-14-22(23,24)25)32-8-6-16(7-9-32)20(26)30-31-27/h2-5,12,16H,6-11,13-14H2,1H3,(H3,26,27,30). The van der Waals surface area contributed by atoms with Crippen molar-refractivity contribution in [2.24, 2.45) is 22.1 Å². The van der Waals surface area contributed by atoms with E-state index in [4.69, 9.17) is 25.5 Å². The van der Waals surface area contributed by atoms with Crippen LogP contribution >= 0.6 is 0 Å². The van der Waals surface area contributed by atoms with Crippen LogP contribution in [0.2, 0.25) is 0 Å². The Bertz CT molecular complexity index is 995. The van der Waals surface area contributed by atoms with Crippen molar-refractivity contribution < 1.29 is 27.4 Å². The molecular weight excluding hydrogens is 467 g/mol. The van der Waals surface area contributed by atoms with Crippen LogP contribution < -0.4 is 15.5 Å². The monoisotopic (exact) mass is 495 g/mol. The topological polar surface area (TPSA) is 131 Å². The number of benzene rings is 1. The first-order valence-corrected chi connectivity index (χ1v) is 11.0. The molecule has 3 N–H and O–H groups in total. The molecule has 2 heterocycles. The van der Waals surface area contributed by atoms with E-state index < -0.39 is 12.8 Å². The lowest BCUT2D eigenvalue weighted by Crippen LogP contribution is -2.37. The summed E-state index contributed by atoms with van der Waals surface area (Å²) in [6.07, 6.45) is -1.75. The molecule has 0 saturated carbocycles. The van der Waals surface area contributed by atoms with Crippen LogP contribution in [0.15, 0.2) is 40.8 Å². The van der Waals surface area contributed by atoms with Crippen molar-refractivity contribution in [1.29, 1.82) is 5.41 Å². The number of nitrogens with two attached hydrogens (primary N) is 1. The molecule has 13 heteroatoms. The number of ether oxygens (including phenoxy) is 3. The lowest BCUT2D eigenvalue weighted by atomic mass is 9.95. The average Bonchev–Trinajstić information content (AvgIpc) is 2.84. The maximum Gasteiger partial charge on any atom is 0.411 e. The second-order valence-corrected chi connectivity index (χ2v) is 7.87. The molecule has 0 bridgehead atoms. The highest BCUT2D eigenvalue weighted by atomic mass is 19.4. The van der Waals surface area contributed by atoms with Crippen molar-refractivity contribution in [2.75, 3.05) is 44.9 Å². The van der Waals surface area contributed by atoms with Gasteiger partial charge in [0.05, 0.1) is 25.1 Å². The van der Waals surface area contributed by atoms with Crippen LogP contribution in [0.3, 0.4) is 0 Å². The number of hydrogen-bond acceptors (Lipinski definition) is 8. The minimum absolute atomic E-state index is 0.0863. The molecule has 1 aromatic heterocycles. The van der Waals surface area contributed by atoms with Gasteiger partial charge in [0, 0.05) is 31.7 Å². The Kier molecular flexibility index (Phi) is 9.32. The summed E-state index contributed by atoms with van der Waals surface area (Å²) < 4.78 is 52.8. The summed E-state index contributed by atoms with van der Waals surface area (Å²) in [5, 5.41) is 14.8. The van der Waals surface area contributed by atoms with Gasteiger partial charge in [0.2, 0.25) is 0 Å². The molecule has 1 saturated heterocycles. The highest BCUT2D eigenvalue weighted by molar-refractivity contribution is 5.82. The van der Waals surface area contributed by atoms with Crippen LogP contribution in [0.4, 0.5) is 19.0 Å². The van der Waals surface area contributed by atoms with Crippen LogP contribution in [0.1, 0.15) is 18.5 Å². The van der Waals surface area contributed by atoms with Crippen LogP contribution in [-0.2, 0) is 16.1 Å². The number of hydrogen-bond donors (Lipinski definition) is 2. The summed E-state index contributed by atoms with van der Waals surface area (Å²) in [5.74, 6) is 6.30. The van der Waals surface area contributed by atoms with Gasteiger partial charge in [-0.15, -0.1) is 5.11 Å². The zero-order valence-corrected chi connectivity index (χ0v) is 19.3. The zero-order valence-electron chi connectivity index (χ0n) is 19.3. The maximum absolute atomic E-state index is 12.5. The SMILES string of the molecule is COCCOc1ccc(-c2ncc(COCC(F)(F)F)nc2N2CCC(C(=N)N=NN)CC2)cc1. The molecule has 0 atom stereocenters. The van der Waals surface area contributed by atoms with Crippen molar-refractivity contribution in [3.05, 3.63) is 36.2 Å². The van der Waals surface area contributed by atoms with E-state index >= 15 is 0 Å². The van der Waals surface area contributed by atoms with Crippen molar-refractivity contribution in [1.82, 2.24) is 9.97 Å². The molecule has 10 nitrogen and oxygen atoms in total. The molecule has 0 radical (unpaired) electrons. The molecule has 0 spiro atoms. The van der Waals surface area contributed by atoms with E-state index in [9.17, 15) is 13.2 Å². The van der Waals surface area contributed by atoms with Gasteiger partial charge in [0.1, 0.15) is 30.5 Å². The normalized spacial score (nSPS) is 15.0. The van der Waals surface area contributed by atoms with Gasteiger partial charge in [-0.2, -0.15) is 13.2 Å². The second kappa shape index (κ2) is 12.4. The minimum Gasteiger partial charge on any atom is -0.491 e. The van der Waals surface area contributed by atoms with Crippen LogP contribution in [-0.4, -0.2) is 62.0 Å². The van der Waals surface area contributed by atoms with Crippen LogP contribution in [0.5, 0.6) is 5.75 Å². The smallest absolute Gasteiger partial charge is 0.411 e. The number of nitrogens with one attached hydrogen (secondary N) is 1. The Morgan fingerprint density at radius 1 is 1.20 bits per heavy atom. The van der Waals surface area contributed by atoms with Gasteiger partial charge in [0.15, 0.2) is 5.82 Å². The van der Waals surface area contributed by atoms with E-state index in [0.29, 0.717) is 62.1 Å². The molecule has 3 rings (SSSR count). The fourth-order valence-electron chi connectivity index (χ4n) is 3.64. The largest absolute Gasteiger partial charge is 0.491 e. The second-order valence-electron chi connectivity index (χ2n) is 7.87. The summed E-state index contributed by atoms with van der Waals surface area (Å²) in [5.41, 5.74) is 1.66. The molecule has 1 aliphatic rings. The molecule has 1 aromatic carbocycles. The molecule has 190 valence electrons. The first-order chi connectivity index (χ1) is 16.8. The number of piperidine rings is 1. The Morgan fingerprint density at radius 3 is 2.54 bits per heavy atom. The Balaban J connectivity index is 1.81. The van der Waals surface area contributed by atoms with Crippen LogP contribution in [0, 0.1) is 11.3 Å². The van der Waals surface area contributed by atoms with Crippen molar-refractivity contribution >= 4 is 11.7 Å². The fraction of sp³-hybridized carbons (Fsp3) is 0.500. The number of methoxy groups -OCH3 is 1. The van der Waals surface area contributed by atoms with Crippen LogP contribution in [0.25, 0.3) is 11.3 Å². The summed E-state index contributed by atoms with van der Waals surface area (Å²) in [4.78, 5) is 11.1. The molecular formula is C22H28F3N7O3. The van der Waals surface area contributed by atoms with Gasteiger partial charge < -0.3 is 25.0 Å². The highest BCUT2D eigenvalue weighted by Gasteiger charge is 2.28. The van der Waals surface area contributed by atoms with Gasteiger partial charge in [-0.1, -0.05) is 5.22 Å². The maximum atomic E-state index is 12.5. The zero-order chi connectivity index (χ0) is 25.3. The van der Waals surface area contributed by atoms with Gasteiger partial charge in [0.25, 0.3) is 0 Å². The summed E-state index contributed by atoms with van der Waals surface area (Å²) in [7, 11) is 1.60. The van der Waals surface area contributed by atoms with Crippen molar-refractivity contribution in [3.8, 4) is 17.0 Å². The Morgan fingerprint density at radius 2 is 1.91 bits per heavy atom. The third-order valence-electron chi connectivity index (χ3n) is 5.35. The number of amidine groups is 1. The quantitative estimate of drug-likeness (QED) is 0.128. The number of alkyl halides is 3. The number of halogens is 3. The Hall–Kier alpha value is -3.32. The van der Waals surface area contributed by atoms with Crippen molar-refractivity contribution in [2.45, 2.75) is 25.6 Å². The van der Waals surface area contributed by atoms with Crippen molar-refractivity contribution in [3.63, 3.8) is 0 Å². The predicted octanol–water partition coefficient (Wildman–Crippen LogP) is 3.77. The fourth-order valence-corrected chi connectivity index (χ4v) is 3.64. The average molecular weight is 496 g/mol. The van der Waals surface area contributed by atoms with E-state index in [2.05, 4.69) is 20.3 Å². The molecule has 1 fully saturated rings. The van der Waals surface area contributed by atoms with E-state index in [1.54, 1.807) is 7.11 Å². The van der Waals surface area contributed by atoms with Gasteiger partial charge in [-0.3, -0.25) is 10.4 Å². The lowest BCUT2D eigenvalue weighted by Gasteiger charge is -2.33. The Labute approximate surface area is 200 Å². The summed E-state index contributed by atoms with van der Waals surface area (Å²) in [6, 6.07) is 7.31. The third kappa shape index (κ3) is 7.86. The predicted molar refractivity (Wildman–Crippen MR) is 122 cm³/mol. The first kappa shape index (κ1) is 26.3. The summed E-state index contributed by atoms with van der Waals surface area (Å²) in [6.45, 7) is 0.319. The van der Waals surface area contributed by atoms with E-state index in [1.807, 2.05) is 29.2 Å². The van der Waals surface area contributed by atoms with Gasteiger partial charge in [-0.05, 0) is 37.1 Å². The van der Waals surface area contributed by atoms with Gasteiger partial charge in [-0.25, -0.2) is 4.98 Å². The van der Waals surface area contributed by atoms with E-state index in [1.165, 1.54) is 6.20 Å². The molecule has 0 unspecified atom stereocenters. The first-order valence-electron chi connectivity index (χ1n) is 11.0. The van der Waals surface area contributed by atoms with E-state index in [0.717, 1.165) is 5.56 Å². The summed E-state index contributed by atoms with van der Waals surface area (Å²) >= 11 is 0. The van der Waals surface area contributed by atoms with E-state index in [-0.39, 0.29) is 18.4 Å². The number of anilines is 1. The number of aromatic nitrogens is 2. The van der Waals surface area contributed by atoms with Gasteiger partial charge >= 0.3 is 6.18 Å². The molecule has 35 heavy (non-hydrogen) atoms. The third-order valence-corrected chi connectivity index (χ3v) is 5.35. The molecule has 2 aromatic rings. The molecule has 0 amide bonds. The highest BCUT2D eigenvalue weighted by Crippen LogP contribution is 2.32. The number of rotatable bonds is 10. The number of nitrogens with zero attached hydrogens (tertiary/aromatic N) is 5. The minimum atomic E-state index is -4.42.